The van der Waals surface area contributed by atoms with Gasteiger partial charge in [-0.15, -0.1) is 0 Å². The third-order valence-corrected chi connectivity index (χ3v) is 12.0. The van der Waals surface area contributed by atoms with E-state index in [-0.39, 0.29) is 0 Å². The van der Waals surface area contributed by atoms with Gasteiger partial charge in [0.1, 0.15) is 0 Å². The fraction of sp³-hybridized carbons (Fsp3) is 0. The van der Waals surface area contributed by atoms with E-state index in [1.807, 2.05) is 0 Å². The Kier molecular flexibility index (Phi) is 9.57. The number of nitrogens with zero attached hydrogens (tertiary/aromatic N) is 2. The summed E-state index contributed by atoms with van der Waals surface area (Å²) in [5.41, 5.74) is 18.4. The maximum absolute atomic E-state index is 2.47. The van der Waals surface area contributed by atoms with Crippen LogP contribution in [0.2, 0.25) is 0 Å². The van der Waals surface area contributed by atoms with Gasteiger partial charge >= 0.3 is 0 Å². The van der Waals surface area contributed by atoms with Gasteiger partial charge in [-0.25, -0.2) is 0 Å². The summed E-state index contributed by atoms with van der Waals surface area (Å²) in [4.78, 5) is 2.47. The molecule has 0 saturated carbocycles. The van der Waals surface area contributed by atoms with Crippen LogP contribution in [-0.2, 0) is 0 Å². The van der Waals surface area contributed by atoms with Gasteiger partial charge in [0.25, 0.3) is 0 Å². The largest absolute Gasteiger partial charge is 0.309 e. The standard InChI is InChI=1S/C60H42N2/c1-5-18-43(19-6-1)45-32-34-49(35-33-45)54-29-17-28-53(48-24-11-4-12-25-48)60(54)61(50-38-36-46(37-39-50)44-20-7-2-8-21-44)51-40-41-56-55-27-14-16-31-58(55)62(59(56)42-51)57-30-15-13-26-52(57)47-22-9-3-10-23-47/h1-42H. The Morgan fingerprint density at radius 3 is 1.27 bits per heavy atom. The van der Waals surface area contributed by atoms with E-state index in [4.69, 9.17) is 0 Å². The van der Waals surface area contributed by atoms with Gasteiger partial charge in [0.2, 0.25) is 0 Å². The SMILES string of the molecule is c1ccc(-c2ccc(-c3cccc(-c4ccccc4)c3N(c3ccc(-c4ccccc4)cc3)c3ccc4c5ccccc5n(-c5ccccc5-c5ccccc5)c4c3)cc2)cc1. The van der Waals surface area contributed by atoms with E-state index in [1.165, 1.54) is 49.7 Å². The van der Waals surface area contributed by atoms with Gasteiger partial charge in [-0.2, -0.15) is 0 Å². The molecule has 0 unspecified atom stereocenters. The van der Waals surface area contributed by atoms with E-state index in [9.17, 15) is 0 Å². The van der Waals surface area contributed by atoms with Crippen LogP contribution in [0.25, 0.3) is 83.1 Å². The van der Waals surface area contributed by atoms with Gasteiger partial charge < -0.3 is 9.47 Å². The van der Waals surface area contributed by atoms with Gasteiger partial charge in [-0.1, -0.05) is 218 Å². The van der Waals surface area contributed by atoms with Crippen LogP contribution >= 0.6 is 0 Å². The second kappa shape index (κ2) is 16.1. The van der Waals surface area contributed by atoms with Crippen molar-refractivity contribution in [2.75, 3.05) is 4.90 Å². The highest BCUT2D eigenvalue weighted by molar-refractivity contribution is 6.11. The number of hydrogen-bond donors (Lipinski definition) is 0. The topological polar surface area (TPSA) is 8.17 Å². The van der Waals surface area contributed by atoms with Crippen LogP contribution in [0.5, 0.6) is 0 Å². The molecule has 0 N–H and O–H groups in total. The van der Waals surface area contributed by atoms with E-state index in [2.05, 4.69) is 264 Å². The molecule has 0 atom stereocenters. The fourth-order valence-electron chi connectivity index (χ4n) is 9.07. The van der Waals surface area contributed by atoms with Gasteiger partial charge in [-0.05, 0) is 75.3 Å². The van der Waals surface area contributed by atoms with Gasteiger partial charge in [-0.3, -0.25) is 0 Å². The minimum absolute atomic E-state index is 1.07. The summed E-state index contributed by atoms with van der Waals surface area (Å²) in [6.07, 6.45) is 0. The normalized spacial score (nSPS) is 11.2. The van der Waals surface area contributed by atoms with Crippen LogP contribution in [0.3, 0.4) is 0 Å². The molecule has 0 aliphatic rings. The number of para-hydroxylation sites is 3. The third-order valence-electron chi connectivity index (χ3n) is 12.0. The average molecular weight is 791 g/mol. The van der Waals surface area contributed by atoms with Crippen LogP contribution in [0.1, 0.15) is 0 Å². The number of anilines is 3. The first-order valence-electron chi connectivity index (χ1n) is 21.3. The van der Waals surface area contributed by atoms with E-state index >= 15 is 0 Å². The summed E-state index contributed by atoms with van der Waals surface area (Å²) in [5.74, 6) is 0. The molecule has 0 saturated heterocycles. The zero-order valence-electron chi connectivity index (χ0n) is 34.1. The Morgan fingerprint density at radius 2 is 0.661 bits per heavy atom. The molecule has 11 aromatic rings. The van der Waals surface area contributed by atoms with Crippen molar-refractivity contribution in [1.29, 1.82) is 0 Å². The maximum Gasteiger partial charge on any atom is 0.0618 e. The Balaban J connectivity index is 1.18. The molecule has 0 aliphatic heterocycles. The molecular formula is C60H42N2. The quantitative estimate of drug-likeness (QED) is 0.141. The van der Waals surface area contributed by atoms with Gasteiger partial charge in [0.05, 0.1) is 22.4 Å². The fourth-order valence-corrected chi connectivity index (χ4v) is 9.07. The summed E-state index contributed by atoms with van der Waals surface area (Å²) >= 11 is 0. The average Bonchev–Trinajstić information content (AvgIpc) is 3.69. The van der Waals surface area contributed by atoms with E-state index < -0.39 is 0 Å². The van der Waals surface area contributed by atoms with Crippen molar-refractivity contribution < 1.29 is 0 Å². The second-order valence-corrected chi connectivity index (χ2v) is 15.7. The lowest BCUT2D eigenvalue weighted by atomic mass is 9.93. The summed E-state index contributed by atoms with van der Waals surface area (Å²) in [6.45, 7) is 0. The van der Waals surface area contributed by atoms with Crippen molar-refractivity contribution in [3.8, 4) is 61.3 Å². The first kappa shape index (κ1) is 36.8. The number of aromatic nitrogens is 1. The number of benzene rings is 10. The van der Waals surface area contributed by atoms with Crippen molar-refractivity contribution in [2.24, 2.45) is 0 Å². The first-order valence-corrected chi connectivity index (χ1v) is 21.3. The number of fused-ring (bicyclic) bond motifs is 3. The van der Waals surface area contributed by atoms with Crippen molar-refractivity contribution in [3.05, 3.63) is 255 Å². The number of rotatable bonds is 9. The molecule has 62 heavy (non-hydrogen) atoms. The van der Waals surface area contributed by atoms with Crippen molar-refractivity contribution in [2.45, 2.75) is 0 Å². The predicted molar refractivity (Wildman–Crippen MR) is 263 cm³/mol. The third kappa shape index (κ3) is 6.74. The second-order valence-electron chi connectivity index (χ2n) is 15.7. The Hall–Kier alpha value is -8.20. The zero-order chi connectivity index (χ0) is 41.2. The Morgan fingerprint density at radius 1 is 0.258 bits per heavy atom. The van der Waals surface area contributed by atoms with Crippen LogP contribution < -0.4 is 4.90 Å². The molecule has 2 heteroatoms. The van der Waals surface area contributed by atoms with Crippen molar-refractivity contribution in [1.82, 2.24) is 4.57 Å². The highest BCUT2D eigenvalue weighted by atomic mass is 15.1. The molecule has 292 valence electrons. The van der Waals surface area contributed by atoms with Crippen LogP contribution in [-0.4, -0.2) is 4.57 Å². The monoisotopic (exact) mass is 790 g/mol. The van der Waals surface area contributed by atoms with Crippen LogP contribution in [0, 0.1) is 0 Å². The zero-order valence-corrected chi connectivity index (χ0v) is 34.1. The smallest absolute Gasteiger partial charge is 0.0618 e. The highest BCUT2D eigenvalue weighted by Crippen LogP contribution is 2.48. The first-order chi connectivity index (χ1) is 30.8. The molecular weight excluding hydrogens is 749 g/mol. The molecule has 2 nitrogen and oxygen atoms in total. The van der Waals surface area contributed by atoms with Crippen molar-refractivity contribution in [3.63, 3.8) is 0 Å². The molecule has 0 amide bonds. The number of hydrogen-bond acceptors (Lipinski definition) is 1. The Labute approximate surface area is 362 Å². The summed E-state index contributed by atoms with van der Waals surface area (Å²) < 4.78 is 2.46. The molecule has 0 bridgehead atoms. The predicted octanol–water partition coefficient (Wildman–Crippen LogP) is 16.6. The lowest BCUT2D eigenvalue weighted by Crippen LogP contribution is -2.13. The Bertz CT molecular complexity index is 3300. The molecule has 0 spiro atoms. The highest BCUT2D eigenvalue weighted by Gasteiger charge is 2.24. The minimum Gasteiger partial charge on any atom is -0.309 e. The molecule has 11 rings (SSSR count). The van der Waals surface area contributed by atoms with Gasteiger partial charge in [0, 0.05) is 38.8 Å². The van der Waals surface area contributed by atoms with Crippen LogP contribution in [0.15, 0.2) is 255 Å². The molecule has 1 heterocycles. The maximum atomic E-state index is 2.47. The minimum atomic E-state index is 1.07. The van der Waals surface area contributed by atoms with E-state index in [0.29, 0.717) is 0 Å². The molecule has 0 radical (unpaired) electrons. The lowest BCUT2D eigenvalue weighted by molar-refractivity contribution is 1.18. The molecule has 0 fully saturated rings. The van der Waals surface area contributed by atoms with E-state index in [0.717, 1.165) is 50.5 Å². The van der Waals surface area contributed by atoms with Crippen LogP contribution in [0.4, 0.5) is 17.1 Å². The summed E-state index contributed by atoms with van der Waals surface area (Å²) in [7, 11) is 0. The summed E-state index contributed by atoms with van der Waals surface area (Å²) in [5, 5.41) is 2.43. The molecule has 10 aromatic carbocycles. The van der Waals surface area contributed by atoms with Crippen molar-refractivity contribution >= 4 is 38.9 Å². The molecule has 0 aliphatic carbocycles. The lowest BCUT2D eigenvalue weighted by Gasteiger charge is -2.31. The van der Waals surface area contributed by atoms with E-state index in [1.54, 1.807) is 0 Å². The van der Waals surface area contributed by atoms with Gasteiger partial charge in [0.15, 0.2) is 0 Å². The summed E-state index contributed by atoms with van der Waals surface area (Å²) in [6, 6.07) is 92.2. The molecule has 1 aromatic heterocycles.